The molecule has 11 heavy (non-hydrogen) atoms. The highest BCUT2D eigenvalue weighted by Gasteiger charge is 2.13. The van der Waals surface area contributed by atoms with Crippen LogP contribution in [-0.2, 0) is 0 Å². The maximum absolute atomic E-state index is 3.40. The van der Waals surface area contributed by atoms with Crippen molar-refractivity contribution < 1.29 is 0 Å². The molecule has 0 aromatic heterocycles. The topological polar surface area (TPSA) is 12.0 Å². The van der Waals surface area contributed by atoms with Gasteiger partial charge in [0.25, 0.3) is 0 Å². The van der Waals surface area contributed by atoms with Crippen LogP contribution in [-0.4, -0.2) is 6.54 Å². The average molecular weight is 154 g/mol. The molecule has 0 heterocycles. The van der Waals surface area contributed by atoms with E-state index in [1.54, 1.807) is 0 Å². The third-order valence-electron chi connectivity index (χ3n) is 2.43. The lowest BCUT2D eigenvalue weighted by atomic mass is 10.1. The molecule has 65 valence electrons. The first-order valence-electron chi connectivity index (χ1n) is 5.00. The van der Waals surface area contributed by atoms with Gasteiger partial charge in [0.2, 0.25) is 0 Å². The van der Waals surface area contributed by atoms with E-state index in [1.807, 2.05) is 0 Å². The molecule has 1 N–H and O–H groups in total. The van der Waals surface area contributed by atoms with Crippen molar-refractivity contribution in [3.63, 3.8) is 0 Å². The van der Waals surface area contributed by atoms with Gasteiger partial charge in [0.1, 0.15) is 0 Å². The molecule has 0 unspecified atom stereocenters. The van der Waals surface area contributed by atoms with Crippen molar-refractivity contribution in [1.82, 2.24) is 5.32 Å². The Balaban J connectivity index is 1.86. The number of nitrogens with one attached hydrogen (secondary N) is 1. The zero-order valence-electron chi connectivity index (χ0n) is 7.60. The van der Waals surface area contributed by atoms with E-state index in [0.717, 1.165) is 5.92 Å². The Kier molecular flexibility index (Phi) is 4.60. The first-order chi connectivity index (χ1) is 5.43. The van der Waals surface area contributed by atoms with Gasteiger partial charge in [0, 0.05) is 6.54 Å². The second-order valence-electron chi connectivity index (χ2n) is 3.52. The van der Waals surface area contributed by atoms with Gasteiger partial charge in [-0.2, -0.15) is 0 Å². The maximum Gasteiger partial charge on any atom is 0.0252 e. The molecular weight excluding hydrogens is 134 g/mol. The van der Waals surface area contributed by atoms with Crippen molar-refractivity contribution in [3.05, 3.63) is 6.54 Å². The summed E-state index contributed by atoms with van der Waals surface area (Å²) >= 11 is 0. The quantitative estimate of drug-likeness (QED) is 0.600. The van der Waals surface area contributed by atoms with Crippen LogP contribution < -0.4 is 5.32 Å². The van der Waals surface area contributed by atoms with Gasteiger partial charge in [-0.15, -0.1) is 0 Å². The fourth-order valence-electron chi connectivity index (χ4n) is 1.65. The molecule has 0 spiro atoms. The maximum atomic E-state index is 3.40. The third kappa shape index (κ3) is 3.76. The zero-order valence-corrected chi connectivity index (χ0v) is 7.60. The predicted molar refractivity (Wildman–Crippen MR) is 49.2 cm³/mol. The molecule has 1 saturated carbocycles. The summed E-state index contributed by atoms with van der Waals surface area (Å²) in [5.74, 6) is 0.881. The Hall–Kier alpha value is -0.0400. The van der Waals surface area contributed by atoms with Crippen LogP contribution in [0.25, 0.3) is 0 Å². The molecule has 1 nitrogen and oxygen atoms in total. The first-order valence-corrected chi connectivity index (χ1v) is 5.00. The number of unbranched alkanes of at least 4 members (excludes halogenated alkanes) is 1. The Labute approximate surface area is 70.6 Å². The van der Waals surface area contributed by atoms with Crippen molar-refractivity contribution in [1.29, 1.82) is 0 Å². The molecule has 1 fully saturated rings. The number of hydrogen-bond donors (Lipinski definition) is 1. The number of rotatable bonds is 5. The summed E-state index contributed by atoms with van der Waals surface area (Å²) in [5.41, 5.74) is 0. The molecule has 0 amide bonds. The molecule has 0 aliphatic heterocycles. The highest BCUT2D eigenvalue weighted by molar-refractivity contribution is 4.78. The summed E-state index contributed by atoms with van der Waals surface area (Å²) in [5, 5.41) is 3.40. The Morgan fingerprint density at radius 2 is 2.09 bits per heavy atom. The minimum absolute atomic E-state index is 0.881. The fourth-order valence-corrected chi connectivity index (χ4v) is 1.65. The van der Waals surface area contributed by atoms with Gasteiger partial charge in [-0.05, 0) is 31.7 Å². The van der Waals surface area contributed by atoms with E-state index in [2.05, 4.69) is 18.8 Å². The largest absolute Gasteiger partial charge is 0.312 e. The van der Waals surface area contributed by atoms with Crippen LogP contribution in [0.2, 0.25) is 0 Å². The summed E-state index contributed by atoms with van der Waals surface area (Å²) in [6, 6.07) is 0. The lowest BCUT2D eigenvalue weighted by Gasteiger charge is -2.08. The van der Waals surface area contributed by atoms with Crippen molar-refractivity contribution in [2.75, 3.05) is 6.54 Å². The van der Waals surface area contributed by atoms with E-state index in [9.17, 15) is 0 Å². The van der Waals surface area contributed by atoms with Gasteiger partial charge in [-0.25, -0.2) is 0 Å². The van der Waals surface area contributed by atoms with E-state index in [4.69, 9.17) is 0 Å². The monoisotopic (exact) mass is 154 g/mol. The molecule has 0 aromatic carbocycles. The molecule has 0 bridgehead atoms. The minimum Gasteiger partial charge on any atom is -0.312 e. The van der Waals surface area contributed by atoms with Crippen molar-refractivity contribution in [2.45, 2.75) is 45.4 Å². The van der Waals surface area contributed by atoms with Gasteiger partial charge < -0.3 is 5.32 Å². The Morgan fingerprint density at radius 3 is 2.73 bits per heavy atom. The molecule has 1 aliphatic carbocycles. The Morgan fingerprint density at radius 1 is 1.36 bits per heavy atom. The fraction of sp³-hybridized carbons (Fsp3) is 0.900. The highest BCUT2D eigenvalue weighted by Crippen LogP contribution is 2.25. The van der Waals surface area contributed by atoms with E-state index < -0.39 is 0 Å². The lowest BCUT2D eigenvalue weighted by Crippen LogP contribution is -2.16. The van der Waals surface area contributed by atoms with Crippen molar-refractivity contribution in [3.8, 4) is 0 Å². The molecule has 1 heteroatoms. The summed E-state index contributed by atoms with van der Waals surface area (Å²) in [6.07, 6.45) is 8.32. The minimum atomic E-state index is 0.881. The van der Waals surface area contributed by atoms with Gasteiger partial charge >= 0.3 is 0 Å². The van der Waals surface area contributed by atoms with E-state index in [0.29, 0.717) is 0 Å². The number of hydrogen-bond acceptors (Lipinski definition) is 1. The van der Waals surface area contributed by atoms with Crippen LogP contribution in [0.5, 0.6) is 0 Å². The summed E-state index contributed by atoms with van der Waals surface area (Å²) in [7, 11) is 0. The van der Waals surface area contributed by atoms with Gasteiger partial charge in [0.05, 0.1) is 0 Å². The van der Waals surface area contributed by atoms with Crippen LogP contribution in [0.3, 0.4) is 0 Å². The molecule has 1 radical (unpaired) electrons. The van der Waals surface area contributed by atoms with Crippen LogP contribution in [0.1, 0.15) is 45.4 Å². The van der Waals surface area contributed by atoms with Crippen LogP contribution in [0, 0.1) is 12.5 Å². The SMILES string of the molecule is CCCCN[CH]C1CCCC1. The summed E-state index contributed by atoms with van der Waals surface area (Å²) in [6.45, 7) is 5.73. The molecule has 1 aliphatic rings. The van der Waals surface area contributed by atoms with Crippen molar-refractivity contribution >= 4 is 0 Å². The van der Waals surface area contributed by atoms with Crippen molar-refractivity contribution in [2.24, 2.45) is 5.92 Å². The molecule has 0 aromatic rings. The molecule has 1 rings (SSSR count). The van der Waals surface area contributed by atoms with E-state index in [-0.39, 0.29) is 0 Å². The van der Waals surface area contributed by atoms with Crippen LogP contribution in [0.15, 0.2) is 0 Å². The van der Waals surface area contributed by atoms with E-state index in [1.165, 1.54) is 45.1 Å². The van der Waals surface area contributed by atoms with Gasteiger partial charge in [0.15, 0.2) is 0 Å². The second kappa shape index (κ2) is 5.59. The summed E-state index contributed by atoms with van der Waals surface area (Å²) in [4.78, 5) is 0. The lowest BCUT2D eigenvalue weighted by molar-refractivity contribution is 0.557. The van der Waals surface area contributed by atoms with Gasteiger partial charge in [-0.3, -0.25) is 0 Å². The molecule has 0 saturated heterocycles. The third-order valence-corrected chi connectivity index (χ3v) is 2.43. The zero-order chi connectivity index (χ0) is 7.94. The van der Waals surface area contributed by atoms with Crippen LogP contribution >= 0.6 is 0 Å². The molecular formula is C10H20N. The first kappa shape index (κ1) is 9.05. The normalized spacial score (nSPS) is 19.4. The Bertz CT molecular complexity index is 84.9. The summed E-state index contributed by atoms with van der Waals surface area (Å²) < 4.78 is 0. The highest BCUT2D eigenvalue weighted by atomic mass is 14.9. The second-order valence-corrected chi connectivity index (χ2v) is 3.52. The average Bonchev–Trinajstić information content (AvgIpc) is 2.50. The van der Waals surface area contributed by atoms with Gasteiger partial charge in [-0.1, -0.05) is 26.2 Å². The molecule has 0 atom stereocenters. The van der Waals surface area contributed by atoms with E-state index >= 15 is 0 Å². The predicted octanol–water partition coefficient (Wildman–Crippen LogP) is 2.73. The van der Waals surface area contributed by atoms with Crippen LogP contribution in [0.4, 0.5) is 0 Å². The smallest absolute Gasteiger partial charge is 0.0252 e. The standard InChI is InChI=1S/C10H20N/c1-2-3-8-11-9-10-6-4-5-7-10/h9-11H,2-8H2,1H3.